The van der Waals surface area contributed by atoms with Crippen molar-refractivity contribution in [1.82, 2.24) is 34.6 Å². The number of rotatable bonds is 15. The van der Waals surface area contributed by atoms with Crippen molar-refractivity contribution < 1.29 is 29.7 Å². The molecule has 248 valence electrons. The second-order valence-corrected chi connectivity index (χ2v) is 10.9. The van der Waals surface area contributed by atoms with Crippen LogP contribution in [0.5, 0.6) is 0 Å². The van der Waals surface area contributed by atoms with Crippen molar-refractivity contribution in [3.63, 3.8) is 0 Å². The number of carbonyl (C=O) groups excluding carboxylic acids is 3. The molecule has 46 heavy (non-hydrogen) atoms. The van der Waals surface area contributed by atoms with Gasteiger partial charge in [-0.05, 0) is 18.2 Å². The molecule has 0 radical (unpaired) electrons. The Labute approximate surface area is 263 Å². The van der Waals surface area contributed by atoms with E-state index in [1.807, 2.05) is 0 Å². The van der Waals surface area contributed by atoms with Gasteiger partial charge in [0.25, 0.3) is 34.4 Å². The minimum atomic E-state index is -0.920. The molecule has 0 saturated heterocycles. The summed E-state index contributed by atoms with van der Waals surface area (Å²) in [5, 5.41) is 38.3. The van der Waals surface area contributed by atoms with Gasteiger partial charge in [0, 0.05) is 94.3 Å². The third-order valence-corrected chi connectivity index (χ3v) is 7.20. The zero-order valence-corrected chi connectivity index (χ0v) is 25.8. The molecular formula is C30H39N7O9. The molecule has 3 heterocycles. The summed E-state index contributed by atoms with van der Waals surface area (Å²) in [7, 11) is 4.58. The number of amides is 3. The highest BCUT2D eigenvalue weighted by atomic mass is 16.3. The number of nitrogens with zero attached hydrogens (tertiary/aromatic N) is 4. The fourth-order valence-corrected chi connectivity index (χ4v) is 4.48. The normalized spacial score (nSPS) is 13.1. The van der Waals surface area contributed by atoms with E-state index in [0.717, 1.165) is 18.2 Å². The lowest BCUT2D eigenvalue weighted by Crippen LogP contribution is -2.55. The number of hydrogen-bond donors (Lipinski definition) is 6. The molecular weight excluding hydrogens is 602 g/mol. The van der Waals surface area contributed by atoms with Crippen molar-refractivity contribution in [2.75, 3.05) is 39.5 Å². The van der Waals surface area contributed by atoms with Gasteiger partial charge in [0.2, 0.25) is 0 Å². The van der Waals surface area contributed by atoms with Crippen molar-refractivity contribution in [3.8, 4) is 0 Å². The number of aliphatic hydroxyl groups excluding tert-OH is 3. The molecule has 3 amide bonds. The quantitative estimate of drug-likeness (QED) is 0.0974. The third kappa shape index (κ3) is 9.80. The standard InChI is InChI=1S/C30H39N7O9/c1-34-7-4-19(10-25(34)41)28(44)31-22(16-38)13-37(14-23(17-39)32-29(45)20-5-8-35(2)26(42)11-20)15-24(18-40)33-30(46)21-6-9-36(3)27(43)12-21/h4-12,22-24,38-40H,13-18H2,1-3H3,(H,31,44)(H,32,45)(H,33,46)/t22-,23-,24-/m1/s1. The lowest BCUT2D eigenvalue weighted by atomic mass is 10.1. The Balaban J connectivity index is 1.81. The number of pyridine rings is 3. The maximum absolute atomic E-state index is 12.9. The largest absolute Gasteiger partial charge is 0.394 e. The second-order valence-electron chi connectivity index (χ2n) is 10.9. The predicted octanol–water partition coefficient (Wildman–Crippen LogP) is -3.24. The van der Waals surface area contributed by atoms with Crippen LogP contribution in [0.4, 0.5) is 0 Å². The van der Waals surface area contributed by atoms with Crippen molar-refractivity contribution in [3.05, 3.63) is 103 Å². The van der Waals surface area contributed by atoms with Crippen molar-refractivity contribution in [2.24, 2.45) is 21.1 Å². The number of aliphatic hydroxyl groups is 3. The van der Waals surface area contributed by atoms with E-state index in [4.69, 9.17) is 0 Å². The average Bonchev–Trinajstić information content (AvgIpc) is 3.03. The van der Waals surface area contributed by atoms with E-state index >= 15 is 0 Å². The maximum atomic E-state index is 12.9. The molecule has 0 aliphatic carbocycles. The van der Waals surface area contributed by atoms with Gasteiger partial charge in [0.15, 0.2) is 0 Å². The summed E-state index contributed by atoms with van der Waals surface area (Å²) < 4.78 is 3.86. The van der Waals surface area contributed by atoms with Gasteiger partial charge in [-0.1, -0.05) is 0 Å². The van der Waals surface area contributed by atoms with Gasteiger partial charge in [-0.3, -0.25) is 33.7 Å². The lowest BCUT2D eigenvalue weighted by Gasteiger charge is -2.33. The van der Waals surface area contributed by atoms with Crippen LogP contribution in [0.25, 0.3) is 0 Å². The van der Waals surface area contributed by atoms with E-state index in [1.54, 1.807) is 4.90 Å². The van der Waals surface area contributed by atoms with Gasteiger partial charge in [-0.25, -0.2) is 0 Å². The summed E-state index contributed by atoms with van der Waals surface area (Å²) in [4.78, 5) is 76.3. The topological polar surface area (TPSA) is 217 Å². The zero-order valence-electron chi connectivity index (χ0n) is 25.8. The van der Waals surface area contributed by atoms with Crippen LogP contribution in [-0.2, 0) is 21.1 Å². The van der Waals surface area contributed by atoms with Crippen molar-refractivity contribution >= 4 is 17.7 Å². The first-order valence-electron chi connectivity index (χ1n) is 14.3. The average molecular weight is 642 g/mol. The molecule has 0 aliphatic rings. The summed E-state index contributed by atoms with van der Waals surface area (Å²) in [6.07, 6.45) is 4.27. The fourth-order valence-electron chi connectivity index (χ4n) is 4.48. The Bertz CT molecular complexity index is 1520. The third-order valence-electron chi connectivity index (χ3n) is 7.20. The molecule has 16 nitrogen and oxygen atoms in total. The fraction of sp³-hybridized carbons (Fsp3) is 0.400. The first kappa shape index (κ1) is 35.6. The number of aromatic nitrogens is 3. The Hall–Kier alpha value is -4.90. The molecule has 0 saturated carbocycles. The van der Waals surface area contributed by atoms with Crippen LogP contribution in [0.15, 0.2) is 69.4 Å². The van der Waals surface area contributed by atoms with E-state index < -0.39 is 72.3 Å². The van der Waals surface area contributed by atoms with Gasteiger partial charge < -0.3 is 45.0 Å². The molecule has 3 aromatic rings. The number of aryl methyl sites for hydroxylation is 3. The molecule has 0 bridgehead atoms. The van der Waals surface area contributed by atoms with Gasteiger partial charge in [0.05, 0.1) is 37.9 Å². The molecule has 0 aliphatic heterocycles. The number of nitrogens with one attached hydrogen (secondary N) is 3. The maximum Gasteiger partial charge on any atom is 0.251 e. The van der Waals surface area contributed by atoms with Crippen LogP contribution in [0.1, 0.15) is 31.1 Å². The highest BCUT2D eigenvalue weighted by Gasteiger charge is 2.25. The lowest BCUT2D eigenvalue weighted by molar-refractivity contribution is 0.0811. The predicted molar refractivity (Wildman–Crippen MR) is 167 cm³/mol. The van der Waals surface area contributed by atoms with Gasteiger partial charge >= 0.3 is 0 Å². The molecule has 16 heteroatoms. The molecule has 0 unspecified atom stereocenters. The molecule has 3 rings (SSSR count). The Morgan fingerprint density at radius 1 is 0.587 bits per heavy atom. The van der Waals surface area contributed by atoms with Gasteiger partial charge in [0.1, 0.15) is 0 Å². The molecule has 0 aromatic carbocycles. The summed E-state index contributed by atoms with van der Waals surface area (Å²) in [6.45, 7) is -1.86. The smallest absolute Gasteiger partial charge is 0.251 e. The van der Waals surface area contributed by atoms with Gasteiger partial charge in [-0.15, -0.1) is 0 Å². The highest BCUT2D eigenvalue weighted by molar-refractivity contribution is 5.95. The molecule has 0 spiro atoms. The van der Waals surface area contributed by atoms with E-state index in [9.17, 15) is 44.1 Å². The summed E-state index contributed by atoms with van der Waals surface area (Å²) >= 11 is 0. The summed E-state index contributed by atoms with van der Waals surface area (Å²) in [6, 6.07) is 4.97. The minimum Gasteiger partial charge on any atom is -0.394 e. The van der Waals surface area contributed by atoms with E-state index in [2.05, 4.69) is 16.0 Å². The Morgan fingerprint density at radius 2 is 0.848 bits per heavy atom. The summed E-state index contributed by atoms with van der Waals surface area (Å²) in [5.41, 5.74) is -1.03. The van der Waals surface area contributed by atoms with Crippen LogP contribution in [0.3, 0.4) is 0 Å². The highest BCUT2D eigenvalue weighted by Crippen LogP contribution is 2.05. The second kappa shape index (κ2) is 16.4. The van der Waals surface area contributed by atoms with Crippen LogP contribution in [0, 0.1) is 0 Å². The Morgan fingerprint density at radius 3 is 1.07 bits per heavy atom. The van der Waals surface area contributed by atoms with Crippen LogP contribution in [0.2, 0.25) is 0 Å². The molecule has 6 N–H and O–H groups in total. The van der Waals surface area contributed by atoms with Gasteiger partial charge in [-0.2, -0.15) is 0 Å². The van der Waals surface area contributed by atoms with Crippen LogP contribution in [-0.4, -0.2) is 109 Å². The van der Waals surface area contributed by atoms with E-state index in [0.29, 0.717) is 0 Å². The monoisotopic (exact) mass is 641 g/mol. The Kier molecular flexibility index (Phi) is 12.7. The van der Waals surface area contributed by atoms with Crippen LogP contribution < -0.4 is 32.6 Å². The SMILES string of the molecule is Cn1ccc(C(=O)N[C@@H](CO)CN(C[C@H](CO)NC(=O)c2ccn(C)c(=O)c2)C[C@H](CO)NC(=O)c2ccn(C)c(=O)c2)cc1=O. The van der Waals surface area contributed by atoms with Crippen molar-refractivity contribution in [2.45, 2.75) is 18.1 Å². The molecule has 0 fully saturated rings. The first-order chi connectivity index (χ1) is 21.8. The molecule has 3 aromatic heterocycles. The number of hydrogen-bond acceptors (Lipinski definition) is 10. The number of carbonyl (C=O) groups is 3. The van der Waals surface area contributed by atoms with Crippen LogP contribution >= 0.6 is 0 Å². The van der Waals surface area contributed by atoms with E-state index in [1.165, 1.54) is 71.6 Å². The molecule has 3 atom stereocenters. The van der Waals surface area contributed by atoms with Crippen molar-refractivity contribution in [1.29, 1.82) is 0 Å². The minimum absolute atomic E-state index is 0.0668. The first-order valence-corrected chi connectivity index (χ1v) is 14.3. The van der Waals surface area contributed by atoms with E-state index in [-0.39, 0.29) is 36.3 Å². The summed E-state index contributed by atoms with van der Waals surface area (Å²) in [5.74, 6) is -1.90. The zero-order chi connectivity index (χ0) is 34.0.